The molecule has 1 aliphatic rings. The molecule has 7 heteroatoms. The van der Waals surface area contributed by atoms with Crippen molar-refractivity contribution in [3.05, 3.63) is 58.4 Å². The van der Waals surface area contributed by atoms with Crippen molar-refractivity contribution in [1.29, 1.82) is 0 Å². The lowest BCUT2D eigenvalue weighted by atomic mass is 10.1. The first-order valence-electron chi connectivity index (χ1n) is 10.0. The Kier molecular flexibility index (Phi) is 7.06. The SMILES string of the molecule is CCOC(=O)c1c(C)[nH]c(C(=O)NC(CN2CCOCC2)c2ccccc2)c1C. The van der Waals surface area contributed by atoms with Gasteiger partial charge in [-0.1, -0.05) is 30.3 Å². The van der Waals surface area contributed by atoms with Crippen LogP contribution in [0.5, 0.6) is 0 Å². The van der Waals surface area contributed by atoms with Crippen LogP contribution in [-0.2, 0) is 9.47 Å². The highest BCUT2D eigenvalue weighted by molar-refractivity contribution is 6.00. The third-order valence-electron chi connectivity index (χ3n) is 5.20. The van der Waals surface area contributed by atoms with Crippen molar-refractivity contribution in [3.8, 4) is 0 Å². The molecule has 1 amide bonds. The second-order valence-corrected chi connectivity index (χ2v) is 7.20. The van der Waals surface area contributed by atoms with E-state index in [9.17, 15) is 9.59 Å². The number of morpholine rings is 1. The number of nitrogens with zero attached hydrogens (tertiary/aromatic N) is 1. The van der Waals surface area contributed by atoms with Crippen LogP contribution in [0, 0.1) is 13.8 Å². The summed E-state index contributed by atoms with van der Waals surface area (Å²) in [7, 11) is 0. The summed E-state index contributed by atoms with van der Waals surface area (Å²) in [5.41, 5.74) is 3.11. The molecule has 0 bridgehead atoms. The highest BCUT2D eigenvalue weighted by atomic mass is 16.5. The molecule has 1 aromatic heterocycles. The summed E-state index contributed by atoms with van der Waals surface area (Å²) < 4.78 is 10.6. The lowest BCUT2D eigenvalue weighted by Gasteiger charge is -2.31. The van der Waals surface area contributed by atoms with Crippen LogP contribution >= 0.6 is 0 Å². The Morgan fingerprint density at radius 3 is 2.55 bits per heavy atom. The number of carbonyl (C=O) groups is 2. The maximum absolute atomic E-state index is 13.1. The summed E-state index contributed by atoms with van der Waals surface area (Å²) in [4.78, 5) is 30.7. The van der Waals surface area contributed by atoms with Crippen LogP contribution in [0.15, 0.2) is 30.3 Å². The van der Waals surface area contributed by atoms with E-state index in [1.54, 1.807) is 20.8 Å². The second-order valence-electron chi connectivity index (χ2n) is 7.20. The molecule has 2 aromatic rings. The molecule has 1 aliphatic heterocycles. The van der Waals surface area contributed by atoms with Gasteiger partial charge < -0.3 is 19.8 Å². The number of rotatable bonds is 7. The predicted octanol–water partition coefficient (Wildman–Crippen LogP) is 2.61. The Balaban J connectivity index is 1.81. The highest BCUT2D eigenvalue weighted by Gasteiger charge is 2.26. The van der Waals surface area contributed by atoms with Gasteiger partial charge in [0.2, 0.25) is 0 Å². The third kappa shape index (κ3) is 5.05. The molecular weight excluding hydrogens is 370 g/mol. The number of aryl methyl sites for hydroxylation is 1. The molecule has 29 heavy (non-hydrogen) atoms. The van der Waals surface area contributed by atoms with Gasteiger partial charge in [-0.3, -0.25) is 9.69 Å². The summed E-state index contributed by atoms with van der Waals surface area (Å²) in [5, 5.41) is 3.14. The average molecular weight is 399 g/mol. The number of hydrogen-bond acceptors (Lipinski definition) is 5. The molecule has 2 heterocycles. The van der Waals surface area contributed by atoms with Crippen molar-refractivity contribution in [1.82, 2.24) is 15.2 Å². The Morgan fingerprint density at radius 1 is 1.21 bits per heavy atom. The fourth-order valence-electron chi connectivity index (χ4n) is 3.68. The van der Waals surface area contributed by atoms with Gasteiger partial charge in [0.15, 0.2) is 0 Å². The molecule has 0 radical (unpaired) electrons. The van der Waals surface area contributed by atoms with Crippen molar-refractivity contribution in [2.45, 2.75) is 26.8 Å². The number of esters is 1. The van der Waals surface area contributed by atoms with Gasteiger partial charge in [0.05, 0.1) is 31.4 Å². The Bertz CT molecular complexity index is 841. The van der Waals surface area contributed by atoms with E-state index in [-0.39, 0.29) is 11.9 Å². The molecule has 0 saturated carbocycles. The van der Waals surface area contributed by atoms with Crippen LogP contribution in [0.25, 0.3) is 0 Å². The summed E-state index contributed by atoms with van der Waals surface area (Å²) in [6.07, 6.45) is 0. The van der Waals surface area contributed by atoms with Crippen LogP contribution in [-0.4, -0.2) is 61.2 Å². The van der Waals surface area contributed by atoms with Gasteiger partial charge in [-0.2, -0.15) is 0 Å². The molecule has 1 aromatic carbocycles. The van der Waals surface area contributed by atoms with E-state index >= 15 is 0 Å². The average Bonchev–Trinajstić information content (AvgIpc) is 3.03. The number of nitrogens with one attached hydrogen (secondary N) is 2. The first kappa shape index (κ1) is 21.1. The van der Waals surface area contributed by atoms with Gasteiger partial charge in [-0.15, -0.1) is 0 Å². The Morgan fingerprint density at radius 2 is 1.90 bits per heavy atom. The van der Waals surface area contributed by atoms with Gasteiger partial charge in [0.1, 0.15) is 5.69 Å². The van der Waals surface area contributed by atoms with Crippen LogP contribution in [0.4, 0.5) is 0 Å². The van der Waals surface area contributed by atoms with Crippen LogP contribution in [0.3, 0.4) is 0 Å². The molecule has 1 saturated heterocycles. The first-order valence-corrected chi connectivity index (χ1v) is 10.0. The van der Waals surface area contributed by atoms with Gasteiger partial charge >= 0.3 is 5.97 Å². The lowest BCUT2D eigenvalue weighted by Crippen LogP contribution is -2.43. The van der Waals surface area contributed by atoms with Gasteiger partial charge in [0.25, 0.3) is 5.91 Å². The van der Waals surface area contributed by atoms with E-state index in [2.05, 4.69) is 15.2 Å². The molecule has 0 aliphatic carbocycles. The second kappa shape index (κ2) is 9.71. The summed E-state index contributed by atoms with van der Waals surface area (Å²) in [6, 6.07) is 9.76. The minimum atomic E-state index is -0.411. The van der Waals surface area contributed by atoms with Crippen molar-refractivity contribution >= 4 is 11.9 Å². The van der Waals surface area contributed by atoms with E-state index in [1.807, 2.05) is 30.3 Å². The van der Waals surface area contributed by atoms with Crippen molar-refractivity contribution in [2.24, 2.45) is 0 Å². The number of aromatic amines is 1. The first-order chi connectivity index (χ1) is 14.0. The number of carbonyl (C=O) groups excluding carboxylic acids is 2. The fraction of sp³-hybridized carbons (Fsp3) is 0.455. The quantitative estimate of drug-likeness (QED) is 0.700. The topological polar surface area (TPSA) is 83.7 Å². The third-order valence-corrected chi connectivity index (χ3v) is 5.20. The minimum Gasteiger partial charge on any atom is -0.462 e. The van der Waals surface area contributed by atoms with E-state index in [1.165, 1.54) is 0 Å². The summed E-state index contributed by atoms with van der Waals surface area (Å²) >= 11 is 0. The molecular formula is C22H29N3O4. The van der Waals surface area contributed by atoms with Gasteiger partial charge in [-0.05, 0) is 31.9 Å². The van der Waals surface area contributed by atoms with E-state index in [0.29, 0.717) is 48.9 Å². The van der Waals surface area contributed by atoms with Gasteiger partial charge in [0, 0.05) is 25.3 Å². The monoisotopic (exact) mass is 399 g/mol. The normalized spacial score (nSPS) is 15.7. The van der Waals surface area contributed by atoms with Crippen LogP contribution in [0.2, 0.25) is 0 Å². The molecule has 156 valence electrons. The number of ether oxygens (including phenoxy) is 2. The smallest absolute Gasteiger partial charge is 0.340 e. The van der Waals surface area contributed by atoms with Crippen molar-refractivity contribution in [2.75, 3.05) is 39.5 Å². The maximum Gasteiger partial charge on any atom is 0.340 e. The number of amides is 1. The molecule has 3 rings (SSSR count). The Labute approximate surface area is 171 Å². The fourth-order valence-corrected chi connectivity index (χ4v) is 3.68. The zero-order chi connectivity index (χ0) is 20.8. The molecule has 1 atom stereocenters. The zero-order valence-corrected chi connectivity index (χ0v) is 17.3. The standard InChI is InChI=1S/C22H29N3O4/c1-4-29-22(27)19-15(2)20(23-16(19)3)21(26)24-18(17-8-6-5-7-9-17)14-25-10-12-28-13-11-25/h5-9,18,23H,4,10-14H2,1-3H3,(H,24,26). The maximum atomic E-state index is 13.1. The summed E-state index contributed by atoms with van der Waals surface area (Å²) in [6.45, 7) is 9.38. The largest absolute Gasteiger partial charge is 0.462 e. The van der Waals surface area contributed by atoms with Crippen molar-refractivity contribution < 1.29 is 19.1 Å². The van der Waals surface area contributed by atoms with E-state index < -0.39 is 5.97 Å². The van der Waals surface area contributed by atoms with E-state index in [4.69, 9.17) is 9.47 Å². The number of hydrogen-bond donors (Lipinski definition) is 2. The molecule has 1 fully saturated rings. The minimum absolute atomic E-state index is 0.171. The Hall–Kier alpha value is -2.64. The lowest BCUT2D eigenvalue weighted by molar-refractivity contribution is 0.0332. The number of benzene rings is 1. The molecule has 7 nitrogen and oxygen atoms in total. The number of H-pyrrole nitrogens is 1. The van der Waals surface area contributed by atoms with E-state index in [0.717, 1.165) is 18.7 Å². The number of aromatic nitrogens is 1. The zero-order valence-electron chi connectivity index (χ0n) is 17.3. The summed E-state index contributed by atoms with van der Waals surface area (Å²) in [5.74, 6) is -0.644. The molecule has 1 unspecified atom stereocenters. The highest BCUT2D eigenvalue weighted by Crippen LogP contribution is 2.21. The van der Waals surface area contributed by atoms with Gasteiger partial charge in [-0.25, -0.2) is 4.79 Å². The molecule has 0 spiro atoms. The van der Waals surface area contributed by atoms with Crippen LogP contribution < -0.4 is 5.32 Å². The van der Waals surface area contributed by atoms with Crippen molar-refractivity contribution in [3.63, 3.8) is 0 Å². The van der Waals surface area contributed by atoms with Crippen LogP contribution in [0.1, 0.15) is 50.6 Å². The predicted molar refractivity (Wildman–Crippen MR) is 110 cm³/mol. The molecule has 2 N–H and O–H groups in total.